The van der Waals surface area contributed by atoms with Gasteiger partial charge in [0.25, 0.3) is 5.91 Å². The van der Waals surface area contributed by atoms with Gasteiger partial charge < -0.3 is 9.80 Å². The number of carbonyl (C=O) groups excluding carboxylic acids is 1. The summed E-state index contributed by atoms with van der Waals surface area (Å²) < 4.78 is 0. The van der Waals surface area contributed by atoms with E-state index in [2.05, 4.69) is 26.9 Å². The fourth-order valence-electron chi connectivity index (χ4n) is 2.31. The maximum atomic E-state index is 12.4. The van der Waals surface area contributed by atoms with E-state index in [-0.39, 0.29) is 5.91 Å². The number of pyridine rings is 1. The Balaban J connectivity index is 1.73. The average Bonchev–Trinajstić information content (AvgIpc) is 2.56. The smallest absolute Gasteiger partial charge is 0.255 e. The standard InChI is InChI=1S/C15H17N5O/c1-19-4-6-20(7-5-19)15(21)12-2-3-14(18-10-12)13-8-16-11-17-9-13/h2-3,8-11H,4-7H2,1H3. The third-order valence-corrected chi connectivity index (χ3v) is 3.66. The van der Waals surface area contributed by atoms with Crippen molar-refractivity contribution in [2.24, 2.45) is 0 Å². The first kappa shape index (κ1) is 13.6. The molecule has 0 atom stereocenters. The van der Waals surface area contributed by atoms with Crippen LogP contribution in [0.2, 0.25) is 0 Å². The number of carbonyl (C=O) groups is 1. The van der Waals surface area contributed by atoms with Crippen LogP contribution in [0.4, 0.5) is 0 Å². The molecule has 1 amide bonds. The molecule has 0 saturated carbocycles. The largest absolute Gasteiger partial charge is 0.336 e. The lowest BCUT2D eigenvalue weighted by molar-refractivity contribution is 0.0663. The van der Waals surface area contributed by atoms with Crippen molar-refractivity contribution in [3.8, 4) is 11.3 Å². The van der Waals surface area contributed by atoms with Crippen molar-refractivity contribution in [1.29, 1.82) is 0 Å². The first-order valence-electron chi connectivity index (χ1n) is 6.93. The minimum atomic E-state index is 0.0476. The third-order valence-electron chi connectivity index (χ3n) is 3.66. The van der Waals surface area contributed by atoms with Gasteiger partial charge in [0, 0.05) is 50.3 Å². The molecule has 1 fully saturated rings. The summed E-state index contributed by atoms with van der Waals surface area (Å²) in [4.78, 5) is 28.8. The molecule has 0 aromatic carbocycles. The minimum Gasteiger partial charge on any atom is -0.336 e. The Kier molecular flexibility index (Phi) is 3.87. The van der Waals surface area contributed by atoms with Crippen molar-refractivity contribution in [1.82, 2.24) is 24.8 Å². The molecule has 2 aromatic rings. The maximum Gasteiger partial charge on any atom is 0.255 e. The van der Waals surface area contributed by atoms with Crippen LogP contribution in [-0.4, -0.2) is 63.9 Å². The Morgan fingerprint density at radius 2 is 1.76 bits per heavy atom. The van der Waals surface area contributed by atoms with Crippen LogP contribution in [0.25, 0.3) is 11.3 Å². The van der Waals surface area contributed by atoms with E-state index < -0.39 is 0 Å². The van der Waals surface area contributed by atoms with Crippen LogP contribution in [0.15, 0.2) is 37.1 Å². The van der Waals surface area contributed by atoms with Crippen LogP contribution < -0.4 is 0 Å². The zero-order chi connectivity index (χ0) is 14.7. The second-order valence-corrected chi connectivity index (χ2v) is 5.15. The number of piperazine rings is 1. The molecule has 0 aliphatic carbocycles. The Labute approximate surface area is 123 Å². The molecule has 0 bridgehead atoms. The predicted molar refractivity (Wildman–Crippen MR) is 78.7 cm³/mol. The summed E-state index contributed by atoms with van der Waals surface area (Å²) in [7, 11) is 2.07. The predicted octanol–water partition coefficient (Wildman–Crippen LogP) is 0.926. The van der Waals surface area contributed by atoms with E-state index in [1.807, 2.05) is 17.0 Å². The summed E-state index contributed by atoms with van der Waals surface area (Å²) in [6.07, 6.45) is 6.52. The lowest BCUT2D eigenvalue weighted by atomic mass is 10.1. The molecule has 2 aromatic heterocycles. The van der Waals surface area contributed by atoms with Crippen molar-refractivity contribution in [2.45, 2.75) is 0 Å². The van der Waals surface area contributed by atoms with Crippen LogP contribution in [0, 0.1) is 0 Å². The summed E-state index contributed by atoms with van der Waals surface area (Å²) in [5.41, 5.74) is 2.24. The lowest BCUT2D eigenvalue weighted by Gasteiger charge is -2.32. The lowest BCUT2D eigenvalue weighted by Crippen LogP contribution is -2.47. The Morgan fingerprint density at radius 1 is 1.05 bits per heavy atom. The van der Waals surface area contributed by atoms with Gasteiger partial charge in [0.2, 0.25) is 0 Å². The number of rotatable bonds is 2. The second-order valence-electron chi connectivity index (χ2n) is 5.15. The van der Waals surface area contributed by atoms with Crippen molar-refractivity contribution in [3.63, 3.8) is 0 Å². The summed E-state index contributed by atoms with van der Waals surface area (Å²) >= 11 is 0. The molecule has 6 nitrogen and oxygen atoms in total. The highest BCUT2D eigenvalue weighted by molar-refractivity contribution is 5.94. The maximum absolute atomic E-state index is 12.4. The Morgan fingerprint density at radius 3 is 2.38 bits per heavy atom. The molecule has 3 heterocycles. The molecular weight excluding hydrogens is 266 g/mol. The van der Waals surface area contributed by atoms with Gasteiger partial charge in [-0.2, -0.15) is 0 Å². The van der Waals surface area contributed by atoms with E-state index in [4.69, 9.17) is 0 Å². The van der Waals surface area contributed by atoms with Crippen LogP contribution in [0.1, 0.15) is 10.4 Å². The highest BCUT2D eigenvalue weighted by atomic mass is 16.2. The van der Waals surface area contributed by atoms with E-state index in [9.17, 15) is 4.79 Å². The number of likely N-dealkylation sites (N-methyl/N-ethyl adjacent to an activating group) is 1. The number of hydrogen-bond acceptors (Lipinski definition) is 5. The first-order chi connectivity index (χ1) is 10.2. The molecular formula is C15H17N5O. The summed E-state index contributed by atoms with van der Waals surface area (Å²) in [6, 6.07) is 3.65. The topological polar surface area (TPSA) is 62.2 Å². The molecule has 21 heavy (non-hydrogen) atoms. The fraction of sp³-hybridized carbons (Fsp3) is 0.333. The number of hydrogen-bond donors (Lipinski definition) is 0. The van der Waals surface area contributed by atoms with Gasteiger partial charge in [0.1, 0.15) is 6.33 Å². The van der Waals surface area contributed by atoms with Crippen LogP contribution in [0.3, 0.4) is 0 Å². The number of aromatic nitrogens is 3. The molecule has 3 rings (SSSR count). The average molecular weight is 283 g/mol. The minimum absolute atomic E-state index is 0.0476. The molecule has 1 aliphatic heterocycles. The molecule has 1 saturated heterocycles. The van der Waals surface area contributed by atoms with E-state index in [1.165, 1.54) is 6.33 Å². The third kappa shape index (κ3) is 3.05. The van der Waals surface area contributed by atoms with Gasteiger partial charge in [0.15, 0.2) is 0 Å². The summed E-state index contributed by atoms with van der Waals surface area (Å²) in [5, 5.41) is 0. The molecule has 6 heteroatoms. The van der Waals surface area contributed by atoms with Crippen LogP contribution in [-0.2, 0) is 0 Å². The van der Waals surface area contributed by atoms with Crippen LogP contribution in [0.5, 0.6) is 0 Å². The monoisotopic (exact) mass is 283 g/mol. The quantitative estimate of drug-likeness (QED) is 0.820. The molecule has 0 unspecified atom stereocenters. The van der Waals surface area contributed by atoms with Gasteiger partial charge in [-0.15, -0.1) is 0 Å². The Bertz CT molecular complexity index is 606. The van der Waals surface area contributed by atoms with Crippen molar-refractivity contribution < 1.29 is 4.79 Å². The number of nitrogens with zero attached hydrogens (tertiary/aromatic N) is 5. The fourth-order valence-corrected chi connectivity index (χ4v) is 2.31. The van der Waals surface area contributed by atoms with Gasteiger partial charge in [-0.25, -0.2) is 9.97 Å². The molecule has 0 radical (unpaired) electrons. The van der Waals surface area contributed by atoms with Gasteiger partial charge in [0.05, 0.1) is 11.3 Å². The molecule has 1 aliphatic rings. The Hall–Kier alpha value is -2.34. The molecule has 108 valence electrons. The van der Waals surface area contributed by atoms with E-state index in [1.54, 1.807) is 18.6 Å². The van der Waals surface area contributed by atoms with Crippen molar-refractivity contribution in [3.05, 3.63) is 42.6 Å². The zero-order valence-corrected chi connectivity index (χ0v) is 11.9. The second kappa shape index (κ2) is 5.97. The van der Waals surface area contributed by atoms with E-state index in [0.717, 1.165) is 37.4 Å². The summed E-state index contributed by atoms with van der Waals surface area (Å²) in [6.45, 7) is 3.37. The summed E-state index contributed by atoms with van der Waals surface area (Å²) in [5.74, 6) is 0.0476. The van der Waals surface area contributed by atoms with Gasteiger partial charge in [-0.3, -0.25) is 9.78 Å². The highest BCUT2D eigenvalue weighted by Crippen LogP contribution is 2.15. The molecule has 0 spiro atoms. The molecule has 0 N–H and O–H groups in total. The van der Waals surface area contributed by atoms with Crippen molar-refractivity contribution in [2.75, 3.05) is 33.2 Å². The van der Waals surface area contributed by atoms with Crippen LogP contribution >= 0.6 is 0 Å². The number of amides is 1. The van der Waals surface area contributed by atoms with Gasteiger partial charge >= 0.3 is 0 Å². The SMILES string of the molecule is CN1CCN(C(=O)c2ccc(-c3cncnc3)nc2)CC1. The van der Waals surface area contributed by atoms with E-state index in [0.29, 0.717) is 5.56 Å². The van der Waals surface area contributed by atoms with Crippen molar-refractivity contribution >= 4 is 5.91 Å². The zero-order valence-electron chi connectivity index (χ0n) is 11.9. The first-order valence-corrected chi connectivity index (χ1v) is 6.93. The van der Waals surface area contributed by atoms with Gasteiger partial charge in [-0.1, -0.05) is 0 Å². The normalized spacial score (nSPS) is 16.0. The highest BCUT2D eigenvalue weighted by Gasteiger charge is 2.20. The van der Waals surface area contributed by atoms with Gasteiger partial charge in [-0.05, 0) is 19.2 Å². The van der Waals surface area contributed by atoms with E-state index >= 15 is 0 Å².